The minimum atomic E-state index is -1.13. The normalized spacial score (nSPS) is 26.8. The maximum atomic E-state index is 11.2. The molecule has 4 rings (SSSR count). The number of nitrogens with zero attached hydrogens (tertiary/aromatic N) is 1. The molecule has 0 bridgehead atoms. The first kappa shape index (κ1) is 20.7. The van der Waals surface area contributed by atoms with Gasteiger partial charge in [-0.05, 0) is 31.3 Å². The fourth-order valence-corrected chi connectivity index (χ4v) is 5.73. The first-order valence-corrected chi connectivity index (χ1v) is 11.4. The van der Waals surface area contributed by atoms with Crippen molar-refractivity contribution in [3.05, 3.63) is 11.3 Å². The van der Waals surface area contributed by atoms with E-state index in [4.69, 9.17) is 10.2 Å². The third kappa shape index (κ3) is 5.27. The zero-order chi connectivity index (χ0) is 19.2. The molecule has 0 aromatic carbocycles. The number of hydrogen-bond acceptors (Lipinski definition) is 5. The van der Waals surface area contributed by atoms with Crippen LogP contribution in [0.5, 0.6) is 0 Å². The molecule has 1 saturated heterocycles. The molecule has 3 fully saturated rings. The van der Waals surface area contributed by atoms with Gasteiger partial charge in [-0.25, -0.2) is 4.79 Å². The average Bonchev–Trinajstić information content (AvgIpc) is 2.68. The molecule has 7 heteroatoms. The molecule has 0 spiro atoms. The van der Waals surface area contributed by atoms with Crippen LogP contribution >= 0.6 is 11.8 Å². The Hall–Kier alpha value is -1.05. The highest BCUT2D eigenvalue weighted by Gasteiger charge is 2.45. The molecule has 0 unspecified atom stereocenters. The van der Waals surface area contributed by atoms with Crippen molar-refractivity contribution in [3.8, 4) is 0 Å². The maximum Gasteiger partial charge on any atom is 0.352 e. The van der Waals surface area contributed by atoms with Crippen LogP contribution in [-0.4, -0.2) is 56.8 Å². The number of hydrogen-bond donors (Lipinski definition) is 3. The smallest absolute Gasteiger partial charge is 0.352 e. The summed E-state index contributed by atoms with van der Waals surface area (Å²) in [5.41, 5.74) is 0.402. The summed E-state index contributed by atoms with van der Waals surface area (Å²) >= 11 is 1.49. The second kappa shape index (κ2) is 9.94. The molecule has 3 N–H and O–H groups in total. The van der Waals surface area contributed by atoms with E-state index in [0.29, 0.717) is 17.7 Å². The first-order chi connectivity index (χ1) is 13.1. The molecule has 0 aromatic rings. The monoisotopic (exact) mass is 396 g/mol. The number of thioether (sulfide) groups is 1. The van der Waals surface area contributed by atoms with Crippen LogP contribution in [-0.2, 0) is 9.59 Å². The van der Waals surface area contributed by atoms with Crippen LogP contribution in [0.2, 0.25) is 0 Å². The van der Waals surface area contributed by atoms with Gasteiger partial charge in [0.1, 0.15) is 5.70 Å². The van der Waals surface area contributed by atoms with E-state index in [1.807, 2.05) is 0 Å². The summed E-state index contributed by atoms with van der Waals surface area (Å²) in [6.45, 7) is -0.300. The summed E-state index contributed by atoms with van der Waals surface area (Å²) in [6, 6.07) is 1.74. The number of amides is 1. The van der Waals surface area contributed by atoms with Crippen LogP contribution in [0.3, 0.4) is 0 Å². The van der Waals surface area contributed by atoms with E-state index in [0.717, 1.165) is 12.1 Å². The second-order valence-corrected chi connectivity index (χ2v) is 9.15. The van der Waals surface area contributed by atoms with Crippen LogP contribution in [0.1, 0.15) is 70.6 Å². The van der Waals surface area contributed by atoms with E-state index >= 15 is 0 Å². The van der Waals surface area contributed by atoms with Crippen molar-refractivity contribution in [2.24, 2.45) is 0 Å². The minimum absolute atomic E-state index is 0.0208. The molecular weight excluding hydrogens is 364 g/mol. The van der Waals surface area contributed by atoms with E-state index in [1.54, 1.807) is 0 Å². The van der Waals surface area contributed by atoms with Crippen molar-refractivity contribution in [1.29, 1.82) is 0 Å². The van der Waals surface area contributed by atoms with Crippen molar-refractivity contribution in [2.45, 2.75) is 88.1 Å². The van der Waals surface area contributed by atoms with Gasteiger partial charge in [0, 0.05) is 17.8 Å². The fraction of sp³-hybridized carbons (Fsp3) is 0.800. The third-order valence-electron chi connectivity index (χ3n) is 6.01. The largest absolute Gasteiger partial charge is 0.477 e. The van der Waals surface area contributed by atoms with Gasteiger partial charge in [-0.1, -0.05) is 38.5 Å². The van der Waals surface area contributed by atoms with Crippen LogP contribution in [0.25, 0.3) is 0 Å². The van der Waals surface area contributed by atoms with Gasteiger partial charge < -0.3 is 15.5 Å². The average molecular weight is 397 g/mol. The Morgan fingerprint density at radius 1 is 1.04 bits per heavy atom. The lowest BCUT2D eigenvalue weighted by Crippen LogP contribution is -2.54. The zero-order valence-electron chi connectivity index (χ0n) is 16.0. The van der Waals surface area contributed by atoms with Gasteiger partial charge >= 0.3 is 5.97 Å². The Balaban J connectivity index is 0.000000156. The van der Waals surface area contributed by atoms with Crippen LogP contribution < -0.4 is 5.32 Å². The van der Waals surface area contributed by atoms with E-state index in [1.165, 1.54) is 80.9 Å². The third-order valence-corrected chi connectivity index (χ3v) is 7.28. The number of carbonyl (C=O) groups excluding carboxylic acids is 1. The number of carboxylic acid groups (broad SMARTS) is 1. The topological polar surface area (TPSA) is 89.9 Å². The number of fused-ring (bicyclic) bond motifs is 1. The van der Waals surface area contributed by atoms with Gasteiger partial charge in [-0.15, -0.1) is 11.8 Å². The summed E-state index contributed by atoms with van der Waals surface area (Å²) in [7, 11) is 0. The lowest BCUT2D eigenvalue weighted by molar-refractivity contribution is -0.146. The fourth-order valence-electron chi connectivity index (χ4n) is 4.47. The van der Waals surface area contributed by atoms with E-state index in [-0.39, 0.29) is 23.6 Å². The summed E-state index contributed by atoms with van der Waals surface area (Å²) in [4.78, 5) is 23.3. The molecule has 0 radical (unpaired) electrons. The Morgan fingerprint density at radius 2 is 1.59 bits per heavy atom. The number of rotatable bonds is 4. The van der Waals surface area contributed by atoms with Gasteiger partial charge in [0.15, 0.2) is 0 Å². The van der Waals surface area contributed by atoms with Gasteiger partial charge in [0.25, 0.3) is 0 Å². The molecular formula is C20H32N2O4S. The summed E-state index contributed by atoms with van der Waals surface area (Å²) < 4.78 is 0. The quantitative estimate of drug-likeness (QED) is 0.633. The number of nitrogens with one attached hydrogen (secondary N) is 1. The lowest BCUT2D eigenvalue weighted by atomic mass is 9.91. The highest BCUT2D eigenvalue weighted by Crippen LogP contribution is 2.39. The number of carboxylic acids is 1. The maximum absolute atomic E-state index is 11.2. The molecule has 2 aliphatic carbocycles. The number of aliphatic hydroxyl groups excluding tert-OH is 1. The van der Waals surface area contributed by atoms with Crippen LogP contribution in [0.15, 0.2) is 11.3 Å². The SMILES string of the molecule is C1CCC(NC2CCCCC2)CC1.O=C(O)C1=C(CO)CS[C@@H]2CC(=O)N12. The zero-order valence-corrected chi connectivity index (χ0v) is 16.8. The summed E-state index contributed by atoms with van der Waals surface area (Å²) in [6.07, 6.45) is 15.0. The molecule has 2 saturated carbocycles. The Labute approximate surface area is 165 Å². The van der Waals surface area contributed by atoms with E-state index in [9.17, 15) is 9.59 Å². The van der Waals surface area contributed by atoms with Crippen molar-refractivity contribution >= 4 is 23.6 Å². The van der Waals surface area contributed by atoms with Crippen molar-refractivity contribution in [3.63, 3.8) is 0 Å². The Bertz CT molecular complexity index is 552. The van der Waals surface area contributed by atoms with Gasteiger partial charge in [0.05, 0.1) is 18.4 Å². The molecule has 4 aliphatic rings. The van der Waals surface area contributed by atoms with Crippen LogP contribution in [0, 0.1) is 0 Å². The number of aliphatic hydroxyl groups is 1. The Kier molecular flexibility index (Phi) is 7.61. The first-order valence-electron chi connectivity index (χ1n) is 10.4. The molecule has 1 amide bonds. The molecule has 0 aromatic heterocycles. The molecule has 2 aliphatic heterocycles. The van der Waals surface area contributed by atoms with Crippen LogP contribution in [0.4, 0.5) is 0 Å². The number of carbonyl (C=O) groups is 2. The van der Waals surface area contributed by atoms with E-state index in [2.05, 4.69) is 5.32 Å². The summed E-state index contributed by atoms with van der Waals surface area (Å²) in [5, 5.41) is 21.7. The van der Waals surface area contributed by atoms with Gasteiger partial charge in [0.2, 0.25) is 5.91 Å². The predicted octanol–water partition coefficient (Wildman–Crippen LogP) is 2.86. The summed E-state index contributed by atoms with van der Waals surface area (Å²) in [5.74, 6) is -0.815. The van der Waals surface area contributed by atoms with Crippen molar-refractivity contribution < 1.29 is 19.8 Å². The Morgan fingerprint density at radius 3 is 2.04 bits per heavy atom. The highest BCUT2D eigenvalue weighted by atomic mass is 32.2. The van der Waals surface area contributed by atoms with Gasteiger partial charge in [-0.2, -0.15) is 0 Å². The molecule has 27 heavy (non-hydrogen) atoms. The minimum Gasteiger partial charge on any atom is -0.477 e. The highest BCUT2D eigenvalue weighted by molar-refractivity contribution is 8.00. The second-order valence-electron chi connectivity index (χ2n) is 7.99. The predicted molar refractivity (Wildman–Crippen MR) is 106 cm³/mol. The van der Waals surface area contributed by atoms with Crippen molar-refractivity contribution in [1.82, 2.24) is 10.2 Å². The van der Waals surface area contributed by atoms with E-state index < -0.39 is 5.97 Å². The lowest BCUT2D eigenvalue weighted by Gasteiger charge is -2.43. The number of aliphatic carboxylic acids is 1. The standard InChI is InChI=1S/C12H23N.C8H9NO4S/c1-3-7-11(8-4-1)13-12-9-5-2-6-10-12;10-2-4-3-14-6-1-5(11)9(6)7(4)8(12)13/h11-13H,1-10H2;6,10H,1-3H2,(H,12,13)/t;6-/m.1/s1. The molecule has 152 valence electrons. The molecule has 2 heterocycles. The molecule has 6 nitrogen and oxygen atoms in total. The number of β-lactam (4-membered cyclic amide) rings is 1. The van der Waals surface area contributed by atoms with Crippen molar-refractivity contribution in [2.75, 3.05) is 12.4 Å². The van der Waals surface area contributed by atoms with Gasteiger partial charge in [-0.3, -0.25) is 9.69 Å². The molecule has 1 atom stereocenters.